The van der Waals surface area contributed by atoms with Gasteiger partial charge >= 0.3 is 0 Å². The summed E-state index contributed by atoms with van der Waals surface area (Å²) < 4.78 is 0. The third kappa shape index (κ3) is 0.991. The summed E-state index contributed by atoms with van der Waals surface area (Å²) >= 11 is 0. The number of rotatable bonds is 2. The Bertz CT molecular complexity index is 148. The summed E-state index contributed by atoms with van der Waals surface area (Å²) in [5.74, 6) is 0. The van der Waals surface area contributed by atoms with Crippen molar-refractivity contribution in [1.82, 2.24) is 4.90 Å². The van der Waals surface area contributed by atoms with Gasteiger partial charge in [0.25, 0.3) is 0 Å². The fourth-order valence-electron chi connectivity index (χ4n) is 2.27. The lowest BCUT2D eigenvalue weighted by atomic mass is 10.1. The summed E-state index contributed by atoms with van der Waals surface area (Å²) in [4.78, 5) is 2.10. The lowest BCUT2D eigenvalue weighted by Gasteiger charge is -2.08. The molecule has 0 amide bonds. The molecule has 1 unspecified atom stereocenters. The molecule has 2 aliphatic rings. The van der Waals surface area contributed by atoms with Crippen LogP contribution < -0.4 is 0 Å². The highest BCUT2D eigenvalue weighted by atomic mass is 16.3. The Morgan fingerprint density at radius 3 is 2.82 bits per heavy atom. The van der Waals surface area contributed by atoms with Gasteiger partial charge in [-0.25, -0.2) is 0 Å². The number of aliphatic hydroxyl groups is 2. The zero-order valence-electron chi connectivity index (χ0n) is 6.66. The number of nitrogens with zero attached hydrogens (tertiary/aromatic N) is 1. The lowest BCUT2D eigenvalue weighted by molar-refractivity contribution is 0.0589. The van der Waals surface area contributed by atoms with Gasteiger partial charge in [-0.3, -0.25) is 4.90 Å². The van der Waals surface area contributed by atoms with E-state index < -0.39 is 5.72 Å². The maximum atomic E-state index is 9.85. The summed E-state index contributed by atoms with van der Waals surface area (Å²) in [6.07, 6.45) is 4.06. The molecule has 2 N–H and O–H groups in total. The molecule has 3 atom stereocenters. The molecule has 0 aromatic carbocycles. The monoisotopic (exact) mass is 157 g/mol. The van der Waals surface area contributed by atoms with Gasteiger partial charge in [-0.05, 0) is 12.8 Å². The van der Waals surface area contributed by atoms with Gasteiger partial charge in [0.1, 0.15) is 5.72 Å². The topological polar surface area (TPSA) is 43.5 Å². The van der Waals surface area contributed by atoms with Crippen molar-refractivity contribution in [3.63, 3.8) is 0 Å². The van der Waals surface area contributed by atoms with Crippen LogP contribution in [0.5, 0.6) is 0 Å². The van der Waals surface area contributed by atoms with Crippen molar-refractivity contribution < 1.29 is 10.2 Å². The predicted octanol–water partition coefficient (Wildman–Crippen LogP) is -0.0745. The summed E-state index contributed by atoms with van der Waals surface area (Å²) in [6.45, 7) is 1.12. The second kappa shape index (κ2) is 2.44. The van der Waals surface area contributed by atoms with Crippen LogP contribution in [-0.4, -0.2) is 40.0 Å². The predicted molar refractivity (Wildman–Crippen MR) is 41.0 cm³/mol. The normalized spacial score (nSPS) is 48.5. The van der Waals surface area contributed by atoms with Crippen LogP contribution in [0.2, 0.25) is 0 Å². The molecule has 0 aromatic rings. The van der Waals surface area contributed by atoms with Crippen LogP contribution in [0, 0.1) is 0 Å². The van der Waals surface area contributed by atoms with Crippen LogP contribution in [0.4, 0.5) is 0 Å². The van der Waals surface area contributed by atoms with E-state index >= 15 is 0 Å². The third-order valence-corrected chi connectivity index (χ3v) is 2.95. The van der Waals surface area contributed by atoms with E-state index in [1.165, 1.54) is 12.8 Å². The zero-order chi connectivity index (χ0) is 7.90. The van der Waals surface area contributed by atoms with E-state index in [1.807, 2.05) is 0 Å². The van der Waals surface area contributed by atoms with Gasteiger partial charge in [0.2, 0.25) is 0 Å². The Morgan fingerprint density at radius 2 is 2.27 bits per heavy atom. The Hall–Kier alpha value is -0.120. The molecule has 3 heteroatoms. The Labute approximate surface area is 66.6 Å². The van der Waals surface area contributed by atoms with Crippen molar-refractivity contribution in [2.24, 2.45) is 0 Å². The summed E-state index contributed by atoms with van der Waals surface area (Å²) in [6, 6.07) is 0.364. The highest BCUT2D eigenvalue weighted by Crippen LogP contribution is 2.46. The van der Waals surface area contributed by atoms with E-state index in [2.05, 4.69) is 4.90 Å². The van der Waals surface area contributed by atoms with E-state index in [0.717, 1.165) is 13.0 Å². The quantitative estimate of drug-likeness (QED) is 0.551. The minimum Gasteiger partial charge on any atom is -0.396 e. The van der Waals surface area contributed by atoms with Crippen LogP contribution in [-0.2, 0) is 0 Å². The van der Waals surface area contributed by atoms with E-state index in [4.69, 9.17) is 5.11 Å². The van der Waals surface area contributed by atoms with Crippen molar-refractivity contribution in [3.8, 4) is 0 Å². The van der Waals surface area contributed by atoms with Crippen molar-refractivity contribution in [2.75, 3.05) is 13.2 Å². The zero-order valence-corrected chi connectivity index (χ0v) is 6.66. The molecule has 2 fully saturated rings. The van der Waals surface area contributed by atoms with Crippen molar-refractivity contribution in [1.29, 1.82) is 0 Å². The first-order valence-electron chi connectivity index (χ1n) is 4.39. The van der Waals surface area contributed by atoms with Crippen LogP contribution in [0.1, 0.15) is 25.7 Å². The van der Waals surface area contributed by atoms with Gasteiger partial charge in [-0.15, -0.1) is 0 Å². The number of hydrogen-bond donors (Lipinski definition) is 2. The smallest absolute Gasteiger partial charge is 0.136 e. The first-order chi connectivity index (χ1) is 5.29. The Morgan fingerprint density at radius 1 is 1.45 bits per heavy atom. The SMILES string of the molecule is OCC[C@@]1(O)[C@@H]2CCCCN21. The van der Waals surface area contributed by atoms with Crippen LogP contribution in [0.25, 0.3) is 0 Å². The Kier molecular flexibility index (Phi) is 1.67. The summed E-state index contributed by atoms with van der Waals surface area (Å²) in [7, 11) is 0. The first kappa shape index (κ1) is 7.53. The van der Waals surface area contributed by atoms with Gasteiger partial charge in [0, 0.05) is 19.6 Å². The molecule has 2 heterocycles. The number of hydrogen-bond acceptors (Lipinski definition) is 3. The van der Waals surface area contributed by atoms with Crippen molar-refractivity contribution in [2.45, 2.75) is 37.5 Å². The number of aliphatic hydroxyl groups excluding tert-OH is 1. The highest BCUT2D eigenvalue weighted by molar-refractivity contribution is 5.10. The van der Waals surface area contributed by atoms with E-state index in [-0.39, 0.29) is 6.61 Å². The average Bonchev–Trinajstić information content (AvgIpc) is 2.60. The maximum Gasteiger partial charge on any atom is 0.136 e. The standard InChI is InChI=1S/C8H15NO2/c10-6-4-8(11)7-3-1-2-5-9(7)8/h7,10-11H,1-6H2/t7-,8+,9?/m0/s1. The average molecular weight is 157 g/mol. The van der Waals surface area contributed by atoms with Crippen LogP contribution >= 0.6 is 0 Å². The largest absolute Gasteiger partial charge is 0.396 e. The minimum atomic E-state index is -0.620. The summed E-state index contributed by atoms with van der Waals surface area (Å²) in [5, 5.41) is 18.6. The first-order valence-corrected chi connectivity index (χ1v) is 4.39. The molecule has 2 saturated heterocycles. The molecule has 0 saturated carbocycles. The van der Waals surface area contributed by atoms with Gasteiger partial charge < -0.3 is 10.2 Å². The van der Waals surface area contributed by atoms with E-state index in [9.17, 15) is 5.11 Å². The van der Waals surface area contributed by atoms with E-state index in [1.54, 1.807) is 0 Å². The molecule has 3 nitrogen and oxygen atoms in total. The second-order valence-corrected chi connectivity index (χ2v) is 3.56. The van der Waals surface area contributed by atoms with Crippen LogP contribution in [0.15, 0.2) is 0 Å². The van der Waals surface area contributed by atoms with Crippen molar-refractivity contribution >= 4 is 0 Å². The second-order valence-electron chi connectivity index (χ2n) is 3.56. The fourth-order valence-corrected chi connectivity index (χ4v) is 2.27. The molecule has 0 aromatic heterocycles. The molecule has 2 aliphatic heterocycles. The molecule has 0 bridgehead atoms. The molecule has 64 valence electrons. The third-order valence-electron chi connectivity index (χ3n) is 2.95. The van der Waals surface area contributed by atoms with Crippen molar-refractivity contribution in [3.05, 3.63) is 0 Å². The Balaban J connectivity index is 1.97. The lowest BCUT2D eigenvalue weighted by Crippen LogP contribution is -2.19. The molecule has 0 aliphatic carbocycles. The molecule has 0 spiro atoms. The molecular formula is C8H15NO2. The van der Waals surface area contributed by atoms with Gasteiger partial charge in [0.05, 0.1) is 6.04 Å². The van der Waals surface area contributed by atoms with Gasteiger partial charge in [0.15, 0.2) is 0 Å². The summed E-state index contributed by atoms with van der Waals surface area (Å²) in [5.41, 5.74) is -0.620. The van der Waals surface area contributed by atoms with Gasteiger partial charge in [-0.2, -0.15) is 0 Å². The minimum absolute atomic E-state index is 0.101. The highest BCUT2D eigenvalue weighted by Gasteiger charge is 2.61. The van der Waals surface area contributed by atoms with Gasteiger partial charge in [-0.1, -0.05) is 6.42 Å². The molecule has 0 radical (unpaired) electrons. The molecule has 11 heavy (non-hydrogen) atoms. The number of piperidine rings is 1. The number of fused-ring (bicyclic) bond motifs is 1. The molecule has 2 rings (SSSR count). The van der Waals surface area contributed by atoms with E-state index in [0.29, 0.717) is 12.5 Å². The molecular weight excluding hydrogens is 142 g/mol. The maximum absolute atomic E-state index is 9.85. The fraction of sp³-hybridized carbons (Fsp3) is 1.00. The van der Waals surface area contributed by atoms with Crippen LogP contribution in [0.3, 0.4) is 0 Å².